The monoisotopic (exact) mass is 702 g/mol. The van der Waals surface area contributed by atoms with Crippen LogP contribution in [0.3, 0.4) is 0 Å². The Balaban J connectivity index is 1.22. The Morgan fingerprint density at radius 2 is 1.00 bits per heavy atom. The summed E-state index contributed by atoms with van der Waals surface area (Å²) in [6.07, 6.45) is 0.297. The largest absolute Gasteiger partial charge is 0.507 e. The minimum absolute atomic E-state index is 0.0108. The van der Waals surface area contributed by atoms with E-state index in [9.17, 15) is 39.0 Å². The van der Waals surface area contributed by atoms with E-state index in [2.05, 4.69) is 21.7 Å². The molecule has 2 aromatic rings. The van der Waals surface area contributed by atoms with E-state index in [1.807, 2.05) is 0 Å². The number of carbonyl (C=O) groups excluding carboxylic acids is 6. The molecule has 2 heterocycles. The van der Waals surface area contributed by atoms with Gasteiger partial charge in [0.05, 0.1) is 20.9 Å². The number of thioether (sulfide) groups is 2. The third-order valence-electron chi connectivity index (χ3n) is 6.40. The van der Waals surface area contributed by atoms with Crippen molar-refractivity contribution in [3.05, 3.63) is 69.5 Å². The van der Waals surface area contributed by atoms with Crippen molar-refractivity contribution in [3.63, 3.8) is 0 Å². The van der Waals surface area contributed by atoms with E-state index >= 15 is 0 Å². The summed E-state index contributed by atoms with van der Waals surface area (Å²) < 4.78 is 0.419. The van der Waals surface area contributed by atoms with Gasteiger partial charge in [-0.25, -0.2) is 0 Å². The predicted molar refractivity (Wildman–Crippen MR) is 177 cm³/mol. The molecule has 240 valence electrons. The molecule has 2 aliphatic rings. The van der Waals surface area contributed by atoms with Gasteiger partial charge in [-0.05, 0) is 37.1 Å². The molecule has 0 aliphatic carbocycles. The van der Waals surface area contributed by atoms with Crippen LogP contribution >= 0.6 is 48.0 Å². The van der Waals surface area contributed by atoms with Crippen LogP contribution in [0, 0.1) is 0 Å². The fourth-order valence-corrected chi connectivity index (χ4v) is 6.87. The van der Waals surface area contributed by atoms with Gasteiger partial charge < -0.3 is 10.2 Å². The molecule has 0 atom stereocenters. The fraction of sp³-hybridized carbons (Fsp3) is 0.214. The SMILES string of the molecule is O=C(CCCN1C(=O)C(=C2SC(=S)N(CCCC(=O)NNC(=O)c3ccccc3O)C2=O)SC1=S)NNC(=O)c1ccccc1O. The Bertz CT molecular complexity index is 1550. The van der Waals surface area contributed by atoms with Crippen molar-refractivity contribution in [3.8, 4) is 11.5 Å². The number of para-hydroxylation sites is 2. The maximum Gasteiger partial charge on any atom is 0.273 e. The molecule has 2 fully saturated rings. The average molecular weight is 703 g/mol. The van der Waals surface area contributed by atoms with E-state index in [0.29, 0.717) is 0 Å². The summed E-state index contributed by atoms with van der Waals surface area (Å²) in [7, 11) is 0. The molecule has 0 radical (unpaired) electrons. The molecule has 0 aromatic heterocycles. The van der Waals surface area contributed by atoms with Crippen molar-refractivity contribution in [2.75, 3.05) is 13.1 Å². The normalized spacial score (nSPS) is 16.1. The molecule has 6 amide bonds. The van der Waals surface area contributed by atoms with Crippen molar-refractivity contribution in [1.82, 2.24) is 31.5 Å². The standard InChI is InChI=1S/C28H26N6O8S4/c35-17-9-3-1-7-15(17)23(39)31-29-19(37)11-5-13-33-25(41)21(45-27(33)43)22-26(42)34(28(44)46-22)14-6-12-20(38)30-32-24(40)16-8-2-4-10-18(16)36/h1-4,7-10,35-36H,5-6,11-14H2,(H,29,37)(H,30,38)(H,31,39)(H,32,40). The third kappa shape index (κ3) is 8.39. The van der Waals surface area contributed by atoms with Crippen molar-refractivity contribution < 1.29 is 39.0 Å². The maximum absolute atomic E-state index is 13.1. The first-order chi connectivity index (χ1) is 22.0. The Morgan fingerprint density at radius 3 is 1.37 bits per heavy atom. The number of amides is 6. The van der Waals surface area contributed by atoms with Crippen LogP contribution in [0.25, 0.3) is 0 Å². The molecule has 14 nitrogen and oxygen atoms in total. The number of nitrogens with one attached hydrogen (secondary N) is 4. The highest BCUT2D eigenvalue weighted by atomic mass is 32.2. The van der Waals surface area contributed by atoms with E-state index in [0.717, 1.165) is 23.5 Å². The molecule has 0 unspecified atom stereocenters. The highest BCUT2D eigenvalue weighted by Crippen LogP contribution is 2.42. The molecular formula is C28H26N6O8S4. The zero-order valence-corrected chi connectivity index (χ0v) is 27.0. The molecule has 0 bridgehead atoms. The summed E-state index contributed by atoms with van der Waals surface area (Å²) in [5, 5.41) is 19.5. The molecule has 0 spiro atoms. The number of rotatable bonds is 10. The van der Waals surface area contributed by atoms with E-state index in [-0.39, 0.29) is 79.9 Å². The van der Waals surface area contributed by atoms with Crippen molar-refractivity contribution in [2.24, 2.45) is 0 Å². The lowest BCUT2D eigenvalue weighted by Gasteiger charge is -2.15. The van der Waals surface area contributed by atoms with Crippen LogP contribution in [0.4, 0.5) is 0 Å². The average Bonchev–Trinajstić information content (AvgIpc) is 3.47. The van der Waals surface area contributed by atoms with Crippen LogP contribution in [-0.4, -0.2) is 77.2 Å². The summed E-state index contributed by atoms with van der Waals surface area (Å²) in [6, 6.07) is 11.7. The number of hydrazine groups is 2. The zero-order chi connectivity index (χ0) is 33.4. The first kappa shape index (κ1) is 34.4. The Hall–Kier alpha value is -4.52. The molecule has 18 heteroatoms. The molecule has 4 rings (SSSR count). The molecule has 0 saturated carbocycles. The maximum atomic E-state index is 13.1. The van der Waals surface area contributed by atoms with Gasteiger partial charge in [-0.2, -0.15) is 0 Å². The second kappa shape index (κ2) is 15.7. The molecule has 2 saturated heterocycles. The van der Waals surface area contributed by atoms with Gasteiger partial charge >= 0.3 is 0 Å². The quantitative estimate of drug-likeness (QED) is 0.120. The lowest BCUT2D eigenvalue weighted by molar-refractivity contribution is -0.125. The Kier molecular flexibility index (Phi) is 11.7. The third-order valence-corrected chi connectivity index (χ3v) is 9.43. The van der Waals surface area contributed by atoms with Crippen LogP contribution in [0.2, 0.25) is 0 Å². The lowest BCUT2D eigenvalue weighted by Crippen LogP contribution is -2.42. The Morgan fingerprint density at radius 1 is 0.630 bits per heavy atom. The number of thiocarbonyl (C=S) groups is 2. The van der Waals surface area contributed by atoms with Crippen LogP contribution in [0.5, 0.6) is 11.5 Å². The van der Waals surface area contributed by atoms with Crippen molar-refractivity contribution in [1.29, 1.82) is 0 Å². The number of hydrogen-bond acceptors (Lipinski definition) is 12. The molecule has 46 heavy (non-hydrogen) atoms. The van der Waals surface area contributed by atoms with Crippen LogP contribution < -0.4 is 21.7 Å². The second-order valence-electron chi connectivity index (χ2n) is 9.55. The lowest BCUT2D eigenvalue weighted by atomic mass is 10.2. The van der Waals surface area contributed by atoms with Crippen molar-refractivity contribution in [2.45, 2.75) is 25.7 Å². The van der Waals surface area contributed by atoms with Gasteiger partial charge in [0.15, 0.2) is 0 Å². The van der Waals surface area contributed by atoms with E-state index in [4.69, 9.17) is 24.4 Å². The van der Waals surface area contributed by atoms with Gasteiger partial charge in [-0.15, -0.1) is 0 Å². The smallest absolute Gasteiger partial charge is 0.273 e. The minimum Gasteiger partial charge on any atom is -0.507 e. The number of phenols is 2. The van der Waals surface area contributed by atoms with E-state index in [1.54, 1.807) is 24.3 Å². The first-order valence-corrected chi connectivity index (χ1v) is 16.0. The highest BCUT2D eigenvalue weighted by molar-refractivity contribution is 8.29. The molecule has 2 aromatic carbocycles. The summed E-state index contributed by atoms with van der Waals surface area (Å²) >= 11 is 12.6. The number of carbonyl (C=O) groups is 6. The van der Waals surface area contributed by atoms with Crippen LogP contribution in [-0.2, 0) is 19.2 Å². The van der Waals surface area contributed by atoms with Gasteiger partial charge in [0.1, 0.15) is 20.1 Å². The van der Waals surface area contributed by atoms with Gasteiger partial charge in [-0.1, -0.05) is 72.2 Å². The predicted octanol–water partition coefficient (Wildman–Crippen LogP) is 1.81. The minimum atomic E-state index is -0.696. The zero-order valence-electron chi connectivity index (χ0n) is 23.7. The molecule has 2 aliphatic heterocycles. The van der Waals surface area contributed by atoms with Crippen LogP contribution in [0.15, 0.2) is 58.3 Å². The van der Waals surface area contributed by atoms with Gasteiger partial charge in [0.25, 0.3) is 23.6 Å². The van der Waals surface area contributed by atoms with Gasteiger partial charge in [-0.3, -0.25) is 60.3 Å². The number of hydrogen-bond donors (Lipinski definition) is 6. The fourth-order valence-electron chi connectivity index (χ4n) is 4.10. The number of benzene rings is 2. The van der Waals surface area contributed by atoms with E-state index < -0.39 is 35.4 Å². The van der Waals surface area contributed by atoms with Gasteiger partial charge in [0.2, 0.25) is 11.8 Å². The Labute approximate surface area is 281 Å². The second-order valence-corrected chi connectivity index (χ2v) is 12.8. The first-order valence-electron chi connectivity index (χ1n) is 13.5. The summed E-state index contributed by atoms with van der Waals surface area (Å²) in [6.45, 7) is 0.176. The summed E-state index contributed by atoms with van der Waals surface area (Å²) in [4.78, 5) is 77.7. The topological polar surface area (TPSA) is 197 Å². The van der Waals surface area contributed by atoms with Gasteiger partial charge in [0, 0.05) is 25.9 Å². The number of aromatic hydroxyl groups is 2. The van der Waals surface area contributed by atoms with Crippen molar-refractivity contribution >= 4 is 92.0 Å². The highest BCUT2D eigenvalue weighted by Gasteiger charge is 2.41. The van der Waals surface area contributed by atoms with E-state index in [1.165, 1.54) is 34.1 Å². The molecular weight excluding hydrogens is 677 g/mol. The number of nitrogens with zero attached hydrogens (tertiary/aromatic N) is 2. The summed E-state index contributed by atoms with van der Waals surface area (Å²) in [5.74, 6) is -3.92. The summed E-state index contributed by atoms with van der Waals surface area (Å²) in [5.41, 5.74) is 8.90. The molecule has 6 N–H and O–H groups in total. The van der Waals surface area contributed by atoms with Crippen LogP contribution in [0.1, 0.15) is 46.4 Å². The number of phenolic OH excluding ortho intramolecular Hbond substituents is 2.